The van der Waals surface area contributed by atoms with E-state index in [1.807, 2.05) is 27.7 Å². The van der Waals surface area contributed by atoms with Gasteiger partial charge in [-0.2, -0.15) is 5.48 Å². The van der Waals surface area contributed by atoms with E-state index in [-0.39, 0.29) is 11.0 Å². The fraction of sp³-hybridized carbons (Fsp3) is 0.938. The average Bonchev–Trinajstić information content (AvgIpc) is 2.51. The number of hydroxylamine groups is 1. The highest BCUT2D eigenvalue weighted by Crippen LogP contribution is 2.25. The normalized spacial score (nSPS) is 12.5. The molecule has 0 heterocycles. The van der Waals surface area contributed by atoms with Gasteiger partial charge in [-0.3, -0.25) is 4.84 Å². The van der Waals surface area contributed by atoms with Crippen molar-refractivity contribution in [2.24, 2.45) is 11.3 Å². The largest absolute Gasteiger partial charge is 0.377 e. The van der Waals surface area contributed by atoms with Crippen LogP contribution in [0.15, 0.2) is 0 Å². The van der Waals surface area contributed by atoms with Crippen molar-refractivity contribution in [3.8, 4) is 0 Å². The number of rotatable bonds is 17. The minimum atomic E-state index is -0.380. The Morgan fingerprint density at radius 1 is 0.833 bits per heavy atom. The number of nitrogens with two attached hydrogens (primary N) is 1. The Morgan fingerprint density at radius 3 is 1.75 bits per heavy atom. The van der Waals surface area contributed by atoms with Crippen molar-refractivity contribution in [2.75, 3.05) is 52.9 Å². The minimum absolute atomic E-state index is 0.289. The second-order valence-electron chi connectivity index (χ2n) is 6.83. The molecule has 0 rings (SSSR count). The van der Waals surface area contributed by atoms with Crippen LogP contribution in [0.3, 0.4) is 0 Å². The van der Waals surface area contributed by atoms with Crippen LogP contribution in [0.4, 0.5) is 0 Å². The summed E-state index contributed by atoms with van der Waals surface area (Å²) in [6, 6.07) is 0. The van der Waals surface area contributed by atoms with Crippen LogP contribution < -0.4 is 11.4 Å². The molecule has 3 N–H and O–H groups in total. The molecule has 0 fully saturated rings. The zero-order chi connectivity index (χ0) is 18.3. The number of hydrogen-bond donors (Lipinski definition) is 2. The Morgan fingerprint density at radius 2 is 1.29 bits per heavy atom. The van der Waals surface area contributed by atoms with Crippen LogP contribution in [0, 0.1) is 5.41 Å². The molecule has 0 aromatic heterocycles. The molecular formula is C16H34N2O6. The number of hydrogen-bond acceptors (Lipinski definition) is 8. The Balaban J connectivity index is 3.40. The van der Waals surface area contributed by atoms with E-state index in [1.165, 1.54) is 0 Å². The van der Waals surface area contributed by atoms with Crippen LogP contribution in [0.2, 0.25) is 0 Å². The van der Waals surface area contributed by atoms with Gasteiger partial charge < -0.3 is 23.8 Å². The minimum Gasteiger partial charge on any atom is -0.377 e. The number of carbonyl (C=O) groups excluding carboxylic acids is 1. The highest BCUT2D eigenvalue weighted by Gasteiger charge is 2.28. The first-order valence-corrected chi connectivity index (χ1v) is 8.23. The predicted molar refractivity (Wildman–Crippen MR) is 90.2 cm³/mol. The van der Waals surface area contributed by atoms with Gasteiger partial charge in [0, 0.05) is 11.0 Å². The molecule has 0 unspecified atom stereocenters. The van der Waals surface area contributed by atoms with Gasteiger partial charge in [0.25, 0.3) is 0 Å². The van der Waals surface area contributed by atoms with Crippen LogP contribution in [0.5, 0.6) is 0 Å². The second-order valence-corrected chi connectivity index (χ2v) is 6.83. The van der Waals surface area contributed by atoms with Gasteiger partial charge in [-0.25, -0.2) is 5.90 Å². The summed E-state index contributed by atoms with van der Waals surface area (Å²) >= 11 is 0. The summed E-state index contributed by atoms with van der Waals surface area (Å²) in [7, 11) is 0. The monoisotopic (exact) mass is 350 g/mol. The first-order valence-electron chi connectivity index (χ1n) is 8.23. The van der Waals surface area contributed by atoms with Gasteiger partial charge in [0.15, 0.2) is 0 Å². The predicted octanol–water partition coefficient (Wildman–Crippen LogP) is 0.842. The number of carbonyl (C=O) groups is 1. The summed E-state index contributed by atoms with van der Waals surface area (Å²) in [5.74, 6) is 4.86. The SMILES string of the molecule is CC(C)(C=O)CC(C)(C)NOCCOCCOCCOCCON. The maximum Gasteiger partial charge on any atom is 0.125 e. The van der Waals surface area contributed by atoms with Gasteiger partial charge >= 0.3 is 0 Å². The molecule has 0 saturated heterocycles. The standard InChI is InChI=1S/C16H34N2O6/c1-15(2,14-19)13-16(3,4)18-24-12-10-22-8-6-20-5-7-21-9-11-23-17/h14,18H,5-13,17H2,1-4H3. The highest BCUT2D eigenvalue weighted by molar-refractivity contribution is 5.58. The Kier molecular flexibility index (Phi) is 13.3. The molecule has 0 atom stereocenters. The van der Waals surface area contributed by atoms with Crippen molar-refractivity contribution in [3.63, 3.8) is 0 Å². The summed E-state index contributed by atoms with van der Waals surface area (Å²) < 4.78 is 15.9. The summed E-state index contributed by atoms with van der Waals surface area (Å²) in [5, 5.41) is 0. The van der Waals surface area contributed by atoms with Crippen molar-refractivity contribution in [3.05, 3.63) is 0 Å². The van der Waals surface area contributed by atoms with E-state index >= 15 is 0 Å². The van der Waals surface area contributed by atoms with E-state index in [2.05, 4.69) is 10.3 Å². The highest BCUT2D eigenvalue weighted by atomic mass is 16.7. The van der Waals surface area contributed by atoms with Gasteiger partial charge in [0.1, 0.15) is 6.29 Å². The number of nitrogens with one attached hydrogen (secondary N) is 1. The van der Waals surface area contributed by atoms with Crippen molar-refractivity contribution in [1.29, 1.82) is 0 Å². The maximum absolute atomic E-state index is 11.0. The van der Waals surface area contributed by atoms with Crippen molar-refractivity contribution < 1.29 is 28.7 Å². The van der Waals surface area contributed by atoms with Gasteiger partial charge in [-0.15, -0.1) is 0 Å². The van der Waals surface area contributed by atoms with Crippen molar-refractivity contribution >= 4 is 6.29 Å². The number of aldehydes is 1. The third-order valence-corrected chi connectivity index (χ3v) is 2.98. The van der Waals surface area contributed by atoms with Crippen molar-refractivity contribution in [1.82, 2.24) is 5.48 Å². The Bertz CT molecular complexity index is 313. The smallest absolute Gasteiger partial charge is 0.125 e. The van der Waals surface area contributed by atoms with Gasteiger partial charge in [-0.1, -0.05) is 13.8 Å². The van der Waals surface area contributed by atoms with E-state index in [0.717, 1.165) is 6.29 Å². The first-order chi connectivity index (χ1) is 11.3. The topological polar surface area (TPSA) is 101 Å². The molecule has 0 aliphatic heterocycles. The van der Waals surface area contributed by atoms with Crippen LogP contribution >= 0.6 is 0 Å². The molecular weight excluding hydrogens is 316 g/mol. The molecule has 0 bridgehead atoms. The molecule has 0 aromatic carbocycles. The molecule has 0 saturated carbocycles. The lowest BCUT2D eigenvalue weighted by Gasteiger charge is -2.31. The molecule has 8 heteroatoms. The van der Waals surface area contributed by atoms with Crippen LogP contribution in [-0.4, -0.2) is 64.7 Å². The third-order valence-electron chi connectivity index (χ3n) is 2.98. The summed E-state index contributed by atoms with van der Waals surface area (Å²) in [6.07, 6.45) is 1.65. The summed E-state index contributed by atoms with van der Waals surface area (Å²) in [4.78, 5) is 20.7. The van der Waals surface area contributed by atoms with Gasteiger partial charge in [0.05, 0.1) is 52.9 Å². The zero-order valence-electron chi connectivity index (χ0n) is 15.5. The molecule has 0 radical (unpaired) electrons. The molecule has 0 aliphatic carbocycles. The first kappa shape index (κ1) is 23.4. The maximum atomic E-state index is 11.0. The van der Waals surface area contributed by atoms with E-state index in [0.29, 0.717) is 59.3 Å². The number of ether oxygens (including phenoxy) is 3. The van der Waals surface area contributed by atoms with Gasteiger partial charge in [0.2, 0.25) is 0 Å². The van der Waals surface area contributed by atoms with E-state index in [1.54, 1.807) is 0 Å². The molecule has 24 heavy (non-hydrogen) atoms. The quantitative estimate of drug-likeness (QED) is 0.226. The molecule has 0 aliphatic rings. The second kappa shape index (κ2) is 13.7. The van der Waals surface area contributed by atoms with E-state index in [4.69, 9.17) is 24.9 Å². The molecule has 0 amide bonds. The Labute approximate surface area is 145 Å². The van der Waals surface area contributed by atoms with E-state index < -0.39 is 0 Å². The Hall–Kier alpha value is -0.610. The van der Waals surface area contributed by atoms with Crippen LogP contribution in [0.1, 0.15) is 34.1 Å². The van der Waals surface area contributed by atoms with Crippen LogP contribution in [0.25, 0.3) is 0 Å². The summed E-state index contributed by atoms with van der Waals surface area (Å²) in [5.41, 5.74) is 2.31. The molecule has 0 aromatic rings. The van der Waals surface area contributed by atoms with Crippen LogP contribution in [-0.2, 0) is 28.7 Å². The van der Waals surface area contributed by atoms with Gasteiger partial charge in [-0.05, 0) is 20.3 Å². The fourth-order valence-corrected chi connectivity index (χ4v) is 2.21. The lowest BCUT2D eigenvalue weighted by Crippen LogP contribution is -2.43. The summed E-state index contributed by atoms with van der Waals surface area (Å²) in [6.45, 7) is 11.5. The average molecular weight is 350 g/mol. The fourth-order valence-electron chi connectivity index (χ4n) is 2.21. The molecule has 8 nitrogen and oxygen atoms in total. The lowest BCUT2D eigenvalue weighted by molar-refractivity contribution is -0.117. The molecule has 144 valence electrons. The lowest BCUT2D eigenvalue weighted by atomic mass is 9.82. The van der Waals surface area contributed by atoms with Crippen molar-refractivity contribution in [2.45, 2.75) is 39.7 Å². The van der Waals surface area contributed by atoms with E-state index in [9.17, 15) is 4.79 Å². The third kappa shape index (κ3) is 14.9. The zero-order valence-corrected chi connectivity index (χ0v) is 15.5. The molecule has 0 spiro atoms.